The van der Waals surface area contributed by atoms with Crippen LogP contribution in [0.4, 0.5) is 0 Å². The molecule has 0 N–H and O–H groups in total. The van der Waals surface area contributed by atoms with E-state index in [1.165, 1.54) is 6.42 Å². The minimum Gasteiger partial charge on any atom is -0.459 e. The summed E-state index contributed by atoms with van der Waals surface area (Å²) in [5, 5.41) is 0. The third-order valence-corrected chi connectivity index (χ3v) is 7.26. The number of rotatable bonds is 0. The fourth-order valence-electron chi connectivity index (χ4n) is 5.29. The van der Waals surface area contributed by atoms with Crippen LogP contribution < -0.4 is 4.74 Å². The summed E-state index contributed by atoms with van der Waals surface area (Å²) in [6.45, 7) is 0. The van der Waals surface area contributed by atoms with Crippen LogP contribution in [0, 0.1) is 23.7 Å². The SMILES string of the molecule is O=S1(=O)OC2(Oc3ccccc31)C1CC3CC(C1)CC2C3. The summed E-state index contributed by atoms with van der Waals surface area (Å²) in [5.74, 6) is 1.46. The minimum absolute atomic E-state index is 0.171. The molecule has 1 heterocycles. The van der Waals surface area contributed by atoms with Gasteiger partial charge in [-0.2, -0.15) is 8.42 Å². The van der Waals surface area contributed by atoms with Crippen LogP contribution in [-0.4, -0.2) is 14.2 Å². The van der Waals surface area contributed by atoms with E-state index in [4.69, 9.17) is 8.92 Å². The van der Waals surface area contributed by atoms with E-state index >= 15 is 0 Å². The van der Waals surface area contributed by atoms with Crippen LogP contribution >= 0.6 is 0 Å². The Morgan fingerprint density at radius 3 is 2.24 bits per heavy atom. The van der Waals surface area contributed by atoms with Crippen LogP contribution in [0.25, 0.3) is 0 Å². The van der Waals surface area contributed by atoms with Gasteiger partial charge in [-0.05, 0) is 56.1 Å². The highest BCUT2D eigenvalue weighted by Crippen LogP contribution is 2.61. The van der Waals surface area contributed by atoms with Crippen LogP contribution in [0.2, 0.25) is 0 Å². The smallest absolute Gasteiger partial charge is 0.304 e. The van der Waals surface area contributed by atoms with E-state index in [1.54, 1.807) is 18.2 Å². The second-order valence-electron chi connectivity index (χ2n) is 7.11. The fourth-order valence-corrected chi connectivity index (χ4v) is 6.63. The third-order valence-electron chi connectivity index (χ3n) is 5.90. The van der Waals surface area contributed by atoms with E-state index < -0.39 is 15.9 Å². The molecule has 1 aliphatic heterocycles. The van der Waals surface area contributed by atoms with Crippen molar-refractivity contribution in [3.63, 3.8) is 0 Å². The molecule has 4 fully saturated rings. The van der Waals surface area contributed by atoms with Crippen molar-refractivity contribution < 1.29 is 17.3 Å². The standard InChI is InChI=1S/C16H18O4S/c17-21(18)15-4-2-1-3-14(15)19-16(20-21)12-6-10-5-11(8-12)9-13(16)7-10/h1-4,10-13H,5-9H2. The molecule has 112 valence electrons. The maximum atomic E-state index is 12.6. The van der Waals surface area contributed by atoms with Crippen molar-refractivity contribution in [2.24, 2.45) is 23.7 Å². The molecule has 1 aromatic rings. The molecule has 0 saturated heterocycles. The Morgan fingerprint density at radius 1 is 0.952 bits per heavy atom. The summed E-state index contributed by atoms with van der Waals surface area (Å²) in [5.41, 5.74) is 0. The van der Waals surface area contributed by atoms with E-state index in [9.17, 15) is 8.42 Å². The number of benzene rings is 1. The Labute approximate surface area is 124 Å². The van der Waals surface area contributed by atoms with E-state index in [1.807, 2.05) is 6.07 Å². The molecule has 6 rings (SSSR count). The fraction of sp³-hybridized carbons (Fsp3) is 0.625. The highest BCUT2D eigenvalue weighted by molar-refractivity contribution is 7.87. The zero-order chi connectivity index (χ0) is 14.2. The number of fused-ring (bicyclic) bond motifs is 1. The molecule has 5 aliphatic rings. The first kappa shape index (κ1) is 12.5. The Hall–Kier alpha value is -1.07. The molecule has 5 heteroatoms. The lowest BCUT2D eigenvalue weighted by molar-refractivity contribution is -0.263. The van der Waals surface area contributed by atoms with E-state index in [-0.39, 0.29) is 16.7 Å². The van der Waals surface area contributed by atoms with Gasteiger partial charge in [-0.15, -0.1) is 0 Å². The largest absolute Gasteiger partial charge is 0.459 e. The van der Waals surface area contributed by atoms with Gasteiger partial charge < -0.3 is 4.74 Å². The first-order valence-electron chi connectivity index (χ1n) is 7.80. The predicted octanol–water partition coefficient (Wildman–Crippen LogP) is 2.94. The second-order valence-corrected chi connectivity index (χ2v) is 8.63. The molecule has 0 atom stereocenters. The van der Waals surface area contributed by atoms with Crippen molar-refractivity contribution in [1.29, 1.82) is 0 Å². The van der Waals surface area contributed by atoms with E-state index in [0.717, 1.165) is 37.5 Å². The van der Waals surface area contributed by atoms with Gasteiger partial charge in [0.05, 0.1) is 0 Å². The lowest BCUT2D eigenvalue weighted by Crippen LogP contribution is -2.63. The Morgan fingerprint density at radius 2 is 1.57 bits per heavy atom. The normalized spacial score (nSPS) is 45.3. The van der Waals surface area contributed by atoms with Gasteiger partial charge in [0.1, 0.15) is 10.6 Å². The summed E-state index contributed by atoms with van der Waals surface area (Å²) in [4.78, 5) is 0.171. The molecule has 1 aromatic carbocycles. The van der Waals surface area contributed by atoms with Gasteiger partial charge >= 0.3 is 10.1 Å². The van der Waals surface area contributed by atoms with Crippen molar-refractivity contribution in [3.05, 3.63) is 24.3 Å². The number of hydrogen-bond acceptors (Lipinski definition) is 4. The maximum Gasteiger partial charge on any atom is 0.304 e. The topological polar surface area (TPSA) is 52.6 Å². The number of para-hydroxylation sites is 1. The molecule has 0 radical (unpaired) electrons. The zero-order valence-electron chi connectivity index (χ0n) is 11.7. The van der Waals surface area contributed by atoms with Crippen molar-refractivity contribution in [1.82, 2.24) is 0 Å². The summed E-state index contributed by atoms with van der Waals surface area (Å²) in [6.07, 6.45) is 5.50. The molecule has 21 heavy (non-hydrogen) atoms. The van der Waals surface area contributed by atoms with Gasteiger partial charge in [0.15, 0.2) is 0 Å². The quantitative estimate of drug-likeness (QED) is 0.692. The lowest BCUT2D eigenvalue weighted by Gasteiger charge is -2.59. The summed E-state index contributed by atoms with van der Waals surface area (Å²) >= 11 is 0. The van der Waals surface area contributed by atoms with Crippen LogP contribution in [0.5, 0.6) is 5.75 Å². The maximum absolute atomic E-state index is 12.6. The van der Waals surface area contributed by atoms with Gasteiger partial charge in [-0.1, -0.05) is 12.1 Å². The van der Waals surface area contributed by atoms with Gasteiger partial charge in [-0.3, -0.25) is 0 Å². The molecule has 4 nitrogen and oxygen atoms in total. The Balaban J connectivity index is 1.65. The molecule has 1 spiro atoms. The summed E-state index contributed by atoms with van der Waals surface area (Å²) in [6, 6.07) is 6.84. The molecule has 0 amide bonds. The average Bonchev–Trinajstić information content (AvgIpc) is 2.43. The lowest BCUT2D eigenvalue weighted by atomic mass is 9.53. The van der Waals surface area contributed by atoms with E-state index in [2.05, 4.69) is 0 Å². The molecule has 0 aromatic heterocycles. The number of hydrogen-bond donors (Lipinski definition) is 0. The first-order chi connectivity index (χ1) is 10.1. The summed E-state index contributed by atoms with van der Waals surface area (Å²) < 4.78 is 37.1. The molecule has 0 unspecified atom stereocenters. The van der Waals surface area contributed by atoms with Gasteiger partial charge in [-0.25, -0.2) is 4.18 Å². The van der Waals surface area contributed by atoms with Crippen molar-refractivity contribution >= 4 is 10.1 Å². The highest BCUT2D eigenvalue weighted by atomic mass is 32.2. The van der Waals surface area contributed by atoms with Gasteiger partial charge in [0.2, 0.25) is 5.79 Å². The first-order valence-corrected chi connectivity index (χ1v) is 9.21. The predicted molar refractivity (Wildman–Crippen MR) is 75.1 cm³/mol. The van der Waals surface area contributed by atoms with Crippen molar-refractivity contribution in [3.8, 4) is 5.75 Å². The molecule has 4 bridgehead atoms. The van der Waals surface area contributed by atoms with Crippen LogP contribution in [0.1, 0.15) is 32.1 Å². The Bertz CT molecular complexity index is 681. The van der Waals surface area contributed by atoms with Crippen LogP contribution in [0.3, 0.4) is 0 Å². The molecule has 4 saturated carbocycles. The van der Waals surface area contributed by atoms with Gasteiger partial charge in [0, 0.05) is 11.8 Å². The van der Waals surface area contributed by atoms with Gasteiger partial charge in [0.25, 0.3) is 0 Å². The van der Waals surface area contributed by atoms with Crippen molar-refractivity contribution in [2.75, 3.05) is 0 Å². The van der Waals surface area contributed by atoms with E-state index in [0.29, 0.717) is 5.75 Å². The average molecular weight is 306 g/mol. The van der Waals surface area contributed by atoms with Crippen LogP contribution in [0.15, 0.2) is 29.2 Å². The summed E-state index contributed by atoms with van der Waals surface area (Å²) in [7, 11) is -3.72. The molecular formula is C16H18O4S. The molecular weight excluding hydrogens is 288 g/mol. The second kappa shape index (κ2) is 3.82. The zero-order valence-corrected chi connectivity index (χ0v) is 12.5. The minimum atomic E-state index is -3.72. The number of ether oxygens (including phenoxy) is 1. The molecule has 4 aliphatic carbocycles. The highest BCUT2D eigenvalue weighted by Gasteiger charge is 2.63. The van der Waals surface area contributed by atoms with Crippen molar-refractivity contribution in [2.45, 2.75) is 42.8 Å². The monoisotopic (exact) mass is 306 g/mol. The Kier molecular flexibility index (Phi) is 2.27. The van der Waals surface area contributed by atoms with Crippen LogP contribution in [-0.2, 0) is 14.3 Å². The third kappa shape index (κ3) is 1.56.